The molecule has 1 aromatic carbocycles. The van der Waals surface area contributed by atoms with Crippen molar-refractivity contribution in [1.82, 2.24) is 5.32 Å². The molecular formula is C16H27NO3. The molecule has 3 N–H and O–H groups in total. The second kappa shape index (κ2) is 8.95. The summed E-state index contributed by atoms with van der Waals surface area (Å²) >= 11 is 0. The molecule has 1 aromatic rings. The van der Waals surface area contributed by atoms with Crippen molar-refractivity contribution in [3.63, 3.8) is 0 Å². The van der Waals surface area contributed by atoms with Gasteiger partial charge in [0.05, 0.1) is 19.8 Å². The number of ether oxygens (including phenoxy) is 1. The lowest BCUT2D eigenvalue weighted by molar-refractivity contribution is 0.139. The van der Waals surface area contributed by atoms with Crippen LogP contribution in [-0.4, -0.2) is 35.5 Å². The summed E-state index contributed by atoms with van der Waals surface area (Å²) in [4.78, 5) is 0. The van der Waals surface area contributed by atoms with E-state index in [-0.39, 0.29) is 18.8 Å². The van der Waals surface area contributed by atoms with Crippen LogP contribution in [0.25, 0.3) is 0 Å². The first-order valence-electron chi connectivity index (χ1n) is 7.38. The Morgan fingerprint density at radius 3 is 2.35 bits per heavy atom. The molecule has 1 rings (SSSR count). The summed E-state index contributed by atoms with van der Waals surface area (Å²) < 4.78 is 5.68. The van der Waals surface area contributed by atoms with Gasteiger partial charge in [0.1, 0.15) is 5.75 Å². The Bertz CT molecular complexity index is 360. The number of benzene rings is 1. The van der Waals surface area contributed by atoms with E-state index in [2.05, 4.69) is 19.2 Å². The van der Waals surface area contributed by atoms with Gasteiger partial charge in [0, 0.05) is 5.54 Å². The lowest BCUT2D eigenvalue weighted by Gasteiger charge is -2.31. The number of nitrogens with one attached hydrogen (secondary N) is 1. The molecule has 0 fully saturated rings. The summed E-state index contributed by atoms with van der Waals surface area (Å²) in [5.74, 6) is 0.816. The van der Waals surface area contributed by atoms with Gasteiger partial charge < -0.3 is 20.3 Å². The number of hydrogen-bond acceptors (Lipinski definition) is 4. The number of hydrogen-bond donors (Lipinski definition) is 3. The van der Waals surface area contributed by atoms with Gasteiger partial charge in [-0.25, -0.2) is 0 Å². The van der Waals surface area contributed by atoms with Crippen LogP contribution in [0, 0.1) is 0 Å². The van der Waals surface area contributed by atoms with Crippen LogP contribution in [0.1, 0.15) is 38.7 Å². The summed E-state index contributed by atoms with van der Waals surface area (Å²) in [7, 11) is 0. The van der Waals surface area contributed by atoms with E-state index in [0.29, 0.717) is 6.61 Å². The Morgan fingerprint density at radius 1 is 1.15 bits per heavy atom. The summed E-state index contributed by atoms with van der Waals surface area (Å²) in [6.07, 6.45) is 2.69. The zero-order valence-corrected chi connectivity index (χ0v) is 12.6. The third kappa shape index (κ3) is 5.12. The molecule has 0 bridgehead atoms. The molecule has 0 aromatic heterocycles. The molecule has 0 saturated carbocycles. The normalized spacial score (nSPS) is 14.0. The minimum absolute atomic E-state index is 0.0541. The lowest BCUT2D eigenvalue weighted by Crippen LogP contribution is -2.48. The Hall–Kier alpha value is -1.10. The standard InChI is InChI=1S/C16H27NO3/c1-3-16(13-19,17-4-2)10-5-11-20-15-8-6-14(12-18)7-9-15/h6-9,17-19H,3-5,10-13H2,1-2H3. The monoisotopic (exact) mass is 281 g/mol. The molecule has 0 aliphatic heterocycles. The highest BCUT2D eigenvalue weighted by Gasteiger charge is 2.25. The van der Waals surface area contributed by atoms with Crippen molar-refractivity contribution in [2.45, 2.75) is 45.3 Å². The highest BCUT2D eigenvalue weighted by atomic mass is 16.5. The molecule has 1 atom stereocenters. The van der Waals surface area contributed by atoms with E-state index in [1.54, 1.807) is 0 Å². The maximum absolute atomic E-state index is 9.55. The third-order valence-corrected chi connectivity index (χ3v) is 3.71. The first-order valence-corrected chi connectivity index (χ1v) is 7.38. The summed E-state index contributed by atoms with van der Waals surface area (Å²) in [5.41, 5.74) is 0.702. The molecule has 114 valence electrons. The van der Waals surface area contributed by atoms with Crippen molar-refractivity contribution in [2.24, 2.45) is 0 Å². The van der Waals surface area contributed by atoms with Crippen LogP contribution in [0.4, 0.5) is 0 Å². The van der Waals surface area contributed by atoms with Crippen LogP contribution >= 0.6 is 0 Å². The van der Waals surface area contributed by atoms with Gasteiger partial charge in [0.2, 0.25) is 0 Å². The van der Waals surface area contributed by atoms with Gasteiger partial charge in [0.15, 0.2) is 0 Å². The molecule has 0 radical (unpaired) electrons. The van der Waals surface area contributed by atoms with Crippen LogP contribution in [0.3, 0.4) is 0 Å². The molecular weight excluding hydrogens is 254 g/mol. The average molecular weight is 281 g/mol. The van der Waals surface area contributed by atoms with Crippen LogP contribution < -0.4 is 10.1 Å². The Morgan fingerprint density at radius 2 is 1.85 bits per heavy atom. The van der Waals surface area contributed by atoms with Crippen molar-refractivity contribution >= 4 is 0 Å². The molecule has 0 saturated heterocycles. The molecule has 1 unspecified atom stereocenters. The Labute approximate surface area is 121 Å². The average Bonchev–Trinajstić information content (AvgIpc) is 2.51. The molecule has 4 nitrogen and oxygen atoms in total. The zero-order valence-electron chi connectivity index (χ0n) is 12.6. The summed E-state index contributed by atoms with van der Waals surface area (Å²) in [5, 5.41) is 21.9. The van der Waals surface area contributed by atoms with E-state index in [1.165, 1.54) is 0 Å². The topological polar surface area (TPSA) is 61.7 Å². The molecule has 0 aliphatic rings. The number of aliphatic hydroxyl groups is 2. The van der Waals surface area contributed by atoms with Crippen LogP contribution in [0.5, 0.6) is 5.75 Å². The predicted octanol–water partition coefficient (Wildman–Crippen LogP) is 2.09. The summed E-state index contributed by atoms with van der Waals surface area (Å²) in [6, 6.07) is 7.46. The lowest BCUT2D eigenvalue weighted by atomic mass is 9.91. The van der Waals surface area contributed by atoms with E-state index in [0.717, 1.165) is 37.1 Å². The van der Waals surface area contributed by atoms with E-state index in [4.69, 9.17) is 9.84 Å². The molecule has 0 spiro atoms. The number of aliphatic hydroxyl groups excluding tert-OH is 2. The molecule has 0 amide bonds. The van der Waals surface area contributed by atoms with Crippen molar-refractivity contribution in [2.75, 3.05) is 19.8 Å². The van der Waals surface area contributed by atoms with Crippen LogP contribution in [0.2, 0.25) is 0 Å². The minimum atomic E-state index is -0.182. The van der Waals surface area contributed by atoms with Crippen molar-refractivity contribution in [3.05, 3.63) is 29.8 Å². The first kappa shape index (κ1) is 17.0. The number of likely N-dealkylation sites (N-methyl/N-ethyl adjacent to an activating group) is 1. The van der Waals surface area contributed by atoms with Gasteiger partial charge in [-0.1, -0.05) is 26.0 Å². The first-order chi connectivity index (χ1) is 9.69. The maximum atomic E-state index is 9.55. The quantitative estimate of drug-likeness (QED) is 0.575. The maximum Gasteiger partial charge on any atom is 0.119 e. The largest absolute Gasteiger partial charge is 0.494 e. The van der Waals surface area contributed by atoms with Crippen molar-refractivity contribution < 1.29 is 14.9 Å². The van der Waals surface area contributed by atoms with Crippen molar-refractivity contribution in [3.8, 4) is 5.75 Å². The fourth-order valence-electron chi connectivity index (χ4n) is 2.30. The minimum Gasteiger partial charge on any atom is -0.494 e. The van der Waals surface area contributed by atoms with Gasteiger partial charge in [0.25, 0.3) is 0 Å². The van der Waals surface area contributed by atoms with Gasteiger partial charge >= 0.3 is 0 Å². The molecule has 0 aliphatic carbocycles. The predicted molar refractivity (Wildman–Crippen MR) is 80.9 cm³/mol. The second-order valence-electron chi connectivity index (χ2n) is 5.08. The van der Waals surface area contributed by atoms with Gasteiger partial charge in [-0.15, -0.1) is 0 Å². The smallest absolute Gasteiger partial charge is 0.119 e. The summed E-state index contributed by atoms with van der Waals surface area (Å²) in [6.45, 7) is 5.84. The fraction of sp³-hybridized carbons (Fsp3) is 0.625. The van der Waals surface area contributed by atoms with Gasteiger partial charge in [-0.05, 0) is 43.5 Å². The second-order valence-corrected chi connectivity index (χ2v) is 5.08. The third-order valence-electron chi connectivity index (χ3n) is 3.71. The van der Waals surface area contributed by atoms with Crippen molar-refractivity contribution in [1.29, 1.82) is 0 Å². The number of rotatable bonds is 10. The molecule has 4 heteroatoms. The van der Waals surface area contributed by atoms with E-state index in [1.807, 2.05) is 24.3 Å². The van der Waals surface area contributed by atoms with Gasteiger partial charge in [-0.2, -0.15) is 0 Å². The Kier molecular flexibility index (Phi) is 7.59. The van der Waals surface area contributed by atoms with E-state index in [9.17, 15) is 5.11 Å². The SMILES string of the molecule is CCNC(CC)(CO)CCCOc1ccc(CO)cc1. The highest BCUT2D eigenvalue weighted by molar-refractivity contribution is 5.26. The highest BCUT2D eigenvalue weighted by Crippen LogP contribution is 2.18. The molecule has 0 heterocycles. The van der Waals surface area contributed by atoms with Gasteiger partial charge in [-0.3, -0.25) is 0 Å². The zero-order chi connectivity index (χ0) is 14.8. The molecule has 20 heavy (non-hydrogen) atoms. The fourth-order valence-corrected chi connectivity index (χ4v) is 2.30. The van der Waals surface area contributed by atoms with Crippen LogP contribution in [0.15, 0.2) is 24.3 Å². The Balaban J connectivity index is 2.35. The van der Waals surface area contributed by atoms with E-state index >= 15 is 0 Å². The van der Waals surface area contributed by atoms with Crippen LogP contribution in [-0.2, 0) is 6.61 Å². The van der Waals surface area contributed by atoms with E-state index < -0.39 is 0 Å².